The summed E-state index contributed by atoms with van der Waals surface area (Å²) in [5, 5.41) is 9.28. The fraction of sp³-hybridized carbons (Fsp3) is 0.588. The molecule has 0 atom stereocenters. The summed E-state index contributed by atoms with van der Waals surface area (Å²) in [7, 11) is 0. The number of rotatable bonds is 7. The van der Waals surface area contributed by atoms with Gasteiger partial charge in [-0.2, -0.15) is 5.26 Å². The molecule has 104 valence electrons. The van der Waals surface area contributed by atoms with E-state index in [2.05, 4.69) is 45.9 Å². The third kappa shape index (κ3) is 4.28. The van der Waals surface area contributed by atoms with Gasteiger partial charge in [-0.25, -0.2) is 0 Å². The standard InChI is InChI=1S/C17H25NO/c1-5-17(6-2,13-18)10-7-11-19-16-9-8-14(3)12-15(16)4/h8-9,12H,5-7,10-11H2,1-4H3. The first-order valence-corrected chi connectivity index (χ1v) is 7.18. The highest BCUT2D eigenvalue weighted by atomic mass is 16.5. The van der Waals surface area contributed by atoms with Crippen LogP contribution in [0.4, 0.5) is 0 Å². The lowest BCUT2D eigenvalue weighted by Crippen LogP contribution is -2.17. The van der Waals surface area contributed by atoms with Crippen LogP contribution in [-0.4, -0.2) is 6.61 Å². The maximum Gasteiger partial charge on any atom is 0.122 e. The molecule has 0 spiro atoms. The van der Waals surface area contributed by atoms with Crippen molar-refractivity contribution in [2.45, 2.75) is 53.4 Å². The van der Waals surface area contributed by atoms with E-state index in [4.69, 9.17) is 4.74 Å². The molecule has 1 aromatic rings. The van der Waals surface area contributed by atoms with Gasteiger partial charge in [0.05, 0.1) is 18.1 Å². The van der Waals surface area contributed by atoms with Crippen molar-refractivity contribution in [3.8, 4) is 11.8 Å². The molecule has 0 aliphatic carbocycles. The Morgan fingerprint density at radius 3 is 2.42 bits per heavy atom. The molecule has 0 saturated heterocycles. The summed E-state index contributed by atoms with van der Waals surface area (Å²) in [4.78, 5) is 0. The molecule has 0 unspecified atom stereocenters. The monoisotopic (exact) mass is 259 g/mol. The van der Waals surface area contributed by atoms with E-state index in [0.717, 1.165) is 31.4 Å². The SMILES string of the molecule is CCC(C#N)(CC)CCCOc1ccc(C)cc1C. The minimum Gasteiger partial charge on any atom is -0.493 e. The fourth-order valence-corrected chi connectivity index (χ4v) is 2.37. The fourth-order valence-electron chi connectivity index (χ4n) is 2.37. The molecule has 19 heavy (non-hydrogen) atoms. The maximum atomic E-state index is 9.28. The molecular formula is C17H25NO. The Hall–Kier alpha value is -1.49. The van der Waals surface area contributed by atoms with Crippen LogP contribution in [0, 0.1) is 30.6 Å². The summed E-state index contributed by atoms with van der Waals surface area (Å²) in [6.07, 6.45) is 3.69. The molecule has 0 aliphatic rings. The molecule has 2 nitrogen and oxygen atoms in total. The van der Waals surface area contributed by atoms with Crippen molar-refractivity contribution in [3.05, 3.63) is 29.3 Å². The van der Waals surface area contributed by atoms with Crippen molar-refractivity contribution < 1.29 is 4.74 Å². The second-order valence-corrected chi connectivity index (χ2v) is 5.32. The van der Waals surface area contributed by atoms with Gasteiger partial charge in [0.2, 0.25) is 0 Å². The van der Waals surface area contributed by atoms with Crippen molar-refractivity contribution in [2.24, 2.45) is 5.41 Å². The van der Waals surface area contributed by atoms with Crippen molar-refractivity contribution in [3.63, 3.8) is 0 Å². The minimum absolute atomic E-state index is 0.161. The Labute approximate surface area is 117 Å². The number of nitrogens with zero attached hydrogens (tertiary/aromatic N) is 1. The summed E-state index contributed by atoms with van der Waals surface area (Å²) in [5.41, 5.74) is 2.27. The van der Waals surface area contributed by atoms with Crippen LogP contribution >= 0.6 is 0 Å². The van der Waals surface area contributed by atoms with E-state index in [9.17, 15) is 5.26 Å². The Morgan fingerprint density at radius 2 is 1.89 bits per heavy atom. The van der Waals surface area contributed by atoms with Crippen LogP contribution in [0.1, 0.15) is 50.7 Å². The van der Waals surface area contributed by atoms with Crippen LogP contribution in [0.5, 0.6) is 5.75 Å². The van der Waals surface area contributed by atoms with Gasteiger partial charge in [-0.15, -0.1) is 0 Å². The predicted molar refractivity (Wildman–Crippen MR) is 79.3 cm³/mol. The molecule has 0 amide bonds. The van der Waals surface area contributed by atoms with E-state index < -0.39 is 0 Å². The third-order valence-corrected chi connectivity index (χ3v) is 3.98. The molecule has 0 bridgehead atoms. The van der Waals surface area contributed by atoms with Crippen molar-refractivity contribution in [1.82, 2.24) is 0 Å². The lowest BCUT2D eigenvalue weighted by atomic mass is 9.80. The number of benzene rings is 1. The highest BCUT2D eigenvalue weighted by molar-refractivity contribution is 5.35. The van der Waals surface area contributed by atoms with Gasteiger partial charge in [0.25, 0.3) is 0 Å². The van der Waals surface area contributed by atoms with E-state index in [1.807, 2.05) is 6.07 Å². The maximum absolute atomic E-state index is 9.28. The summed E-state index contributed by atoms with van der Waals surface area (Å²) in [5.74, 6) is 0.959. The summed E-state index contributed by atoms with van der Waals surface area (Å²) < 4.78 is 5.81. The van der Waals surface area contributed by atoms with Crippen LogP contribution in [0.15, 0.2) is 18.2 Å². The van der Waals surface area contributed by atoms with E-state index in [1.54, 1.807) is 0 Å². The van der Waals surface area contributed by atoms with Crippen molar-refractivity contribution >= 4 is 0 Å². The van der Waals surface area contributed by atoms with Gasteiger partial charge in [0, 0.05) is 0 Å². The van der Waals surface area contributed by atoms with Gasteiger partial charge < -0.3 is 4.74 Å². The van der Waals surface area contributed by atoms with Crippen molar-refractivity contribution in [1.29, 1.82) is 5.26 Å². The molecule has 0 aromatic heterocycles. The van der Waals surface area contributed by atoms with Crippen LogP contribution in [-0.2, 0) is 0 Å². The molecule has 1 rings (SSSR count). The van der Waals surface area contributed by atoms with E-state index >= 15 is 0 Å². The molecule has 0 radical (unpaired) electrons. The van der Waals surface area contributed by atoms with Gasteiger partial charge >= 0.3 is 0 Å². The minimum atomic E-state index is -0.161. The van der Waals surface area contributed by atoms with Gasteiger partial charge in [0.15, 0.2) is 0 Å². The average molecular weight is 259 g/mol. The van der Waals surface area contributed by atoms with Gasteiger partial charge in [-0.1, -0.05) is 31.5 Å². The normalized spacial score (nSPS) is 11.1. The summed E-state index contributed by atoms with van der Waals surface area (Å²) in [6.45, 7) is 9.03. The number of hydrogen-bond acceptors (Lipinski definition) is 2. The molecule has 2 heteroatoms. The molecule has 1 aromatic carbocycles. The van der Waals surface area contributed by atoms with Crippen LogP contribution in [0.2, 0.25) is 0 Å². The highest BCUT2D eigenvalue weighted by Gasteiger charge is 2.24. The molecular weight excluding hydrogens is 234 g/mol. The smallest absolute Gasteiger partial charge is 0.122 e. The Morgan fingerprint density at radius 1 is 1.21 bits per heavy atom. The second kappa shape index (κ2) is 7.19. The molecule has 0 saturated carbocycles. The zero-order valence-corrected chi connectivity index (χ0v) is 12.6. The lowest BCUT2D eigenvalue weighted by Gasteiger charge is -2.23. The zero-order valence-electron chi connectivity index (χ0n) is 12.6. The van der Waals surface area contributed by atoms with Crippen molar-refractivity contribution in [2.75, 3.05) is 6.61 Å². The Kier molecular flexibility index (Phi) is 5.89. The zero-order chi connectivity index (χ0) is 14.3. The topological polar surface area (TPSA) is 33.0 Å². The largest absolute Gasteiger partial charge is 0.493 e. The van der Waals surface area contributed by atoms with Crippen LogP contribution in [0.3, 0.4) is 0 Å². The first kappa shape index (κ1) is 15.6. The second-order valence-electron chi connectivity index (χ2n) is 5.32. The number of ether oxygens (including phenoxy) is 1. The number of hydrogen-bond donors (Lipinski definition) is 0. The van der Waals surface area contributed by atoms with Crippen LogP contribution < -0.4 is 4.74 Å². The van der Waals surface area contributed by atoms with E-state index in [-0.39, 0.29) is 5.41 Å². The molecule has 0 N–H and O–H groups in total. The Balaban J connectivity index is 2.45. The van der Waals surface area contributed by atoms with E-state index in [0.29, 0.717) is 6.61 Å². The summed E-state index contributed by atoms with van der Waals surface area (Å²) in [6, 6.07) is 8.71. The first-order chi connectivity index (χ1) is 9.06. The average Bonchev–Trinajstić information content (AvgIpc) is 2.42. The highest BCUT2D eigenvalue weighted by Crippen LogP contribution is 2.31. The first-order valence-electron chi connectivity index (χ1n) is 7.18. The van der Waals surface area contributed by atoms with Crippen LogP contribution in [0.25, 0.3) is 0 Å². The van der Waals surface area contributed by atoms with Gasteiger partial charge in [-0.3, -0.25) is 0 Å². The molecule has 0 aliphatic heterocycles. The van der Waals surface area contributed by atoms with Gasteiger partial charge in [0.1, 0.15) is 5.75 Å². The molecule has 0 fully saturated rings. The third-order valence-electron chi connectivity index (χ3n) is 3.98. The lowest BCUT2D eigenvalue weighted by molar-refractivity contribution is 0.258. The van der Waals surface area contributed by atoms with Gasteiger partial charge in [-0.05, 0) is 51.2 Å². The quantitative estimate of drug-likeness (QED) is 0.659. The number of nitriles is 1. The molecule has 0 heterocycles. The summed E-state index contributed by atoms with van der Waals surface area (Å²) >= 11 is 0. The predicted octanol–water partition coefficient (Wildman–Crippen LogP) is 4.79. The van der Waals surface area contributed by atoms with E-state index in [1.165, 1.54) is 11.1 Å². The Bertz CT molecular complexity index is 441. The number of aryl methyl sites for hydroxylation is 2.